The lowest BCUT2D eigenvalue weighted by Gasteiger charge is -2.10. The highest BCUT2D eigenvalue weighted by molar-refractivity contribution is 5.83. The van der Waals surface area contributed by atoms with Crippen molar-refractivity contribution in [3.63, 3.8) is 0 Å². The smallest absolute Gasteiger partial charge is 0.186 e. The number of carbonyl (C=O) groups is 1. The largest absolute Gasteiger partial charge is 0.394 e. The molecule has 0 bridgehead atoms. The number of hydrogen-bond acceptors (Lipinski definition) is 5. The van der Waals surface area contributed by atoms with Crippen LogP contribution in [0.15, 0.2) is 0 Å². The van der Waals surface area contributed by atoms with Crippen LogP contribution in [0.4, 0.5) is 0 Å². The van der Waals surface area contributed by atoms with Gasteiger partial charge in [0.15, 0.2) is 5.78 Å². The van der Waals surface area contributed by atoms with Gasteiger partial charge in [-0.05, 0) is 0 Å². The summed E-state index contributed by atoms with van der Waals surface area (Å²) in [7, 11) is 0. The highest BCUT2D eigenvalue weighted by Gasteiger charge is 2.17. The fourth-order valence-corrected chi connectivity index (χ4v) is 0.569. The predicted molar refractivity (Wildman–Crippen MR) is 35.8 cm³/mol. The van der Waals surface area contributed by atoms with E-state index in [1.54, 1.807) is 0 Å². The molecule has 11 heavy (non-hydrogen) atoms. The van der Waals surface area contributed by atoms with E-state index in [0.717, 1.165) is 0 Å². The molecular formula is C6H12O5. The van der Waals surface area contributed by atoms with Gasteiger partial charge in [0, 0.05) is 6.42 Å². The Labute approximate surface area is 63.9 Å². The van der Waals surface area contributed by atoms with Gasteiger partial charge in [0.05, 0.1) is 12.7 Å². The van der Waals surface area contributed by atoms with Gasteiger partial charge in [-0.3, -0.25) is 4.79 Å². The van der Waals surface area contributed by atoms with Gasteiger partial charge in [0.25, 0.3) is 0 Å². The van der Waals surface area contributed by atoms with Crippen LogP contribution in [0.1, 0.15) is 6.42 Å². The average Bonchev–Trinajstić information content (AvgIpc) is 2.02. The molecule has 0 aromatic carbocycles. The van der Waals surface area contributed by atoms with E-state index in [2.05, 4.69) is 0 Å². The summed E-state index contributed by atoms with van der Waals surface area (Å²) in [6.45, 7) is -1.25. The van der Waals surface area contributed by atoms with Crippen molar-refractivity contribution in [2.75, 3.05) is 13.2 Å². The van der Waals surface area contributed by atoms with Crippen molar-refractivity contribution in [1.29, 1.82) is 0 Å². The molecule has 0 aliphatic carbocycles. The van der Waals surface area contributed by atoms with E-state index in [0.29, 0.717) is 0 Å². The third kappa shape index (κ3) is 4.05. The molecular weight excluding hydrogens is 152 g/mol. The standard InChI is InChI=1S/C6H12O5/c7-2-4(9)1-5(10)6(11)3-8/h4-5,7-10H,1-3H2. The first-order chi connectivity index (χ1) is 5.11. The summed E-state index contributed by atoms with van der Waals surface area (Å²) in [6.07, 6.45) is -2.74. The quantitative estimate of drug-likeness (QED) is 0.365. The molecule has 0 spiro atoms. The first kappa shape index (κ1) is 10.5. The minimum atomic E-state index is -1.39. The molecule has 4 N–H and O–H groups in total. The minimum absolute atomic E-state index is 0.240. The average molecular weight is 164 g/mol. The summed E-state index contributed by atoms with van der Waals surface area (Å²) in [5.41, 5.74) is 0. The highest BCUT2D eigenvalue weighted by atomic mass is 16.3. The molecule has 2 atom stereocenters. The zero-order chi connectivity index (χ0) is 8.85. The molecule has 0 saturated carbocycles. The Hall–Kier alpha value is -0.490. The van der Waals surface area contributed by atoms with Crippen molar-refractivity contribution in [2.24, 2.45) is 0 Å². The van der Waals surface area contributed by atoms with Gasteiger partial charge in [-0.1, -0.05) is 0 Å². The summed E-state index contributed by atoms with van der Waals surface area (Å²) in [6, 6.07) is 0. The molecule has 0 radical (unpaired) electrons. The van der Waals surface area contributed by atoms with Crippen LogP contribution in [0.2, 0.25) is 0 Å². The van der Waals surface area contributed by atoms with E-state index in [1.807, 2.05) is 0 Å². The minimum Gasteiger partial charge on any atom is -0.394 e. The second-order valence-corrected chi connectivity index (χ2v) is 2.21. The number of rotatable bonds is 5. The SMILES string of the molecule is O=C(CO)C(O)CC(O)CO. The molecule has 0 aromatic rings. The maximum atomic E-state index is 10.5. The Balaban J connectivity index is 3.67. The lowest BCUT2D eigenvalue weighted by molar-refractivity contribution is -0.131. The lowest BCUT2D eigenvalue weighted by atomic mass is 10.1. The van der Waals surface area contributed by atoms with Crippen molar-refractivity contribution in [2.45, 2.75) is 18.6 Å². The molecule has 66 valence electrons. The summed E-state index contributed by atoms with van der Waals surface area (Å²) >= 11 is 0. The van der Waals surface area contributed by atoms with E-state index < -0.39 is 31.2 Å². The van der Waals surface area contributed by atoms with E-state index in [-0.39, 0.29) is 6.42 Å². The van der Waals surface area contributed by atoms with E-state index >= 15 is 0 Å². The Bertz CT molecular complexity index is 124. The van der Waals surface area contributed by atoms with Crippen LogP contribution in [-0.2, 0) is 4.79 Å². The van der Waals surface area contributed by atoms with Crippen LogP contribution in [-0.4, -0.2) is 51.6 Å². The van der Waals surface area contributed by atoms with Gasteiger partial charge < -0.3 is 20.4 Å². The molecule has 5 nitrogen and oxygen atoms in total. The molecule has 0 aliphatic rings. The van der Waals surface area contributed by atoms with Crippen LogP contribution in [0, 0.1) is 0 Å². The van der Waals surface area contributed by atoms with Gasteiger partial charge in [-0.15, -0.1) is 0 Å². The third-order valence-electron chi connectivity index (χ3n) is 1.23. The second-order valence-electron chi connectivity index (χ2n) is 2.21. The number of carbonyl (C=O) groups excluding carboxylic acids is 1. The molecule has 0 aliphatic heterocycles. The summed E-state index contributed by atoms with van der Waals surface area (Å²) < 4.78 is 0. The Morgan fingerprint density at radius 1 is 1.27 bits per heavy atom. The zero-order valence-electron chi connectivity index (χ0n) is 5.97. The number of aliphatic hydroxyl groups is 4. The molecule has 0 amide bonds. The predicted octanol–water partition coefficient (Wildman–Crippen LogP) is -2.35. The number of aliphatic hydroxyl groups excluding tert-OH is 4. The summed E-state index contributed by atoms with van der Waals surface area (Å²) in [4.78, 5) is 10.5. The Kier molecular flexibility index (Phi) is 4.97. The maximum absolute atomic E-state index is 10.5. The molecule has 0 aromatic heterocycles. The Morgan fingerprint density at radius 2 is 1.82 bits per heavy atom. The van der Waals surface area contributed by atoms with E-state index in [4.69, 9.17) is 20.4 Å². The summed E-state index contributed by atoms with van der Waals surface area (Å²) in [5.74, 6) is -0.752. The van der Waals surface area contributed by atoms with Gasteiger partial charge in [0.2, 0.25) is 0 Å². The number of hydrogen-bond donors (Lipinski definition) is 4. The van der Waals surface area contributed by atoms with Gasteiger partial charge in [-0.25, -0.2) is 0 Å². The van der Waals surface area contributed by atoms with Crippen molar-refractivity contribution >= 4 is 5.78 Å². The fourth-order valence-electron chi connectivity index (χ4n) is 0.569. The van der Waals surface area contributed by atoms with Crippen molar-refractivity contribution in [1.82, 2.24) is 0 Å². The topological polar surface area (TPSA) is 98.0 Å². The van der Waals surface area contributed by atoms with Crippen LogP contribution >= 0.6 is 0 Å². The highest BCUT2D eigenvalue weighted by Crippen LogP contribution is 1.98. The number of Topliss-reactive ketones (excluding diaryl/α,β-unsaturated/α-hetero) is 1. The first-order valence-electron chi connectivity index (χ1n) is 3.22. The fraction of sp³-hybridized carbons (Fsp3) is 0.833. The molecule has 5 heteroatoms. The van der Waals surface area contributed by atoms with Crippen LogP contribution < -0.4 is 0 Å². The Morgan fingerprint density at radius 3 is 2.18 bits per heavy atom. The monoisotopic (exact) mass is 164 g/mol. The van der Waals surface area contributed by atoms with Crippen LogP contribution in [0.3, 0.4) is 0 Å². The third-order valence-corrected chi connectivity index (χ3v) is 1.23. The molecule has 2 unspecified atom stereocenters. The van der Waals surface area contributed by atoms with Crippen molar-refractivity contribution in [3.8, 4) is 0 Å². The van der Waals surface area contributed by atoms with Gasteiger partial charge in [0.1, 0.15) is 12.7 Å². The van der Waals surface area contributed by atoms with Crippen molar-refractivity contribution in [3.05, 3.63) is 0 Å². The van der Waals surface area contributed by atoms with Crippen LogP contribution in [0.5, 0.6) is 0 Å². The zero-order valence-corrected chi connectivity index (χ0v) is 5.97. The van der Waals surface area contributed by atoms with E-state index in [1.165, 1.54) is 0 Å². The summed E-state index contributed by atoms with van der Waals surface area (Å²) in [5, 5.41) is 34.1. The number of ketones is 1. The van der Waals surface area contributed by atoms with Gasteiger partial charge >= 0.3 is 0 Å². The maximum Gasteiger partial charge on any atom is 0.186 e. The first-order valence-corrected chi connectivity index (χ1v) is 3.22. The van der Waals surface area contributed by atoms with Gasteiger partial charge in [-0.2, -0.15) is 0 Å². The molecule has 0 rings (SSSR count). The normalized spacial score (nSPS) is 16.0. The second kappa shape index (κ2) is 5.20. The lowest BCUT2D eigenvalue weighted by Crippen LogP contribution is -2.29. The molecule has 0 saturated heterocycles. The molecule has 0 fully saturated rings. The van der Waals surface area contributed by atoms with Crippen LogP contribution in [0.25, 0.3) is 0 Å². The molecule has 0 heterocycles. The van der Waals surface area contributed by atoms with E-state index in [9.17, 15) is 4.79 Å². The van der Waals surface area contributed by atoms with Crippen molar-refractivity contribution < 1.29 is 25.2 Å².